The van der Waals surface area contributed by atoms with Crippen LogP contribution in [0.4, 0.5) is 20.9 Å². The molecule has 1 aliphatic rings. The minimum Gasteiger partial charge on any atom is -0.346 e. The van der Waals surface area contributed by atoms with E-state index < -0.39 is 5.82 Å². The first-order chi connectivity index (χ1) is 16.8. The predicted molar refractivity (Wildman–Crippen MR) is 135 cm³/mol. The van der Waals surface area contributed by atoms with Gasteiger partial charge in [0, 0.05) is 30.0 Å². The topological polar surface area (TPSA) is 91.4 Å². The molecule has 0 radical (unpaired) electrons. The van der Waals surface area contributed by atoms with Gasteiger partial charge in [0.05, 0.1) is 17.4 Å². The van der Waals surface area contributed by atoms with Crippen molar-refractivity contribution in [2.45, 2.75) is 32.7 Å². The van der Waals surface area contributed by atoms with Crippen LogP contribution in [-0.4, -0.2) is 22.7 Å². The summed E-state index contributed by atoms with van der Waals surface area (Å²) in [7, 11) is 0. The van der Waals surface area contributed by atoms with Crippen molar-refractivity contribution in [3.05, 3.63) is 77.1 Å². The van der Waals surface area contributed by atoms with E-state index in [2.05, 4.69) is 15.6 Å². The van der Waals surface area contributed by atoms with Crippen LogP contribution >= 0.6 is 11.3 Å². The van der Waals surface area contributed by atoms with E-state index in [-0.39, 0.29) is 35.4 Å². The number of hydrogen-bond donors (Lipinski definition) is 2. The number of para-hydroxylation sites is 1. The van der Waals surface area contributed by atoms with Gasteiger partial charge in [-0.1, -0.05) is 24.3 Å². The lowest BCUT2D eigenvalue weighted by molar-refractivity contribution is -0.118. The van der Waals surface area contributed by atoms with E-state index >= 15 is 0 Å². The maximum Gasteiger partial charge on any atom is 0.244 e. The number of anilines is 3. The molecule has 1 aromatic heterocycles. The van der Waals surface area contributed by atoms with Crippen LogP contribution in [0.25, 0.3) is 6.08 Å². The first-order valence-electron chi connectivity index (χ1n) is 11.2. The van der Waals surface area contributed by atoms with Gasteiger partial charge in [-0.05, 0) is 55.7 Å². The first-order valence-corrected chi connectivity index (χ1v) is 12.1. The summed E-state index contributed by atoms with van der Waals surface area (Å²) >= 11 is 1.18. The Hall–Kier alpha value is -3.85. The van der Waals surface area contributed by atoms with E-state index in [0.29, 0.717) is 10.8 Å². The molecular formula is C26H25FN4O3S. The van der Waals surface area contributed by atoms with Gasteiger partial charge in [-0.25, -0.2) is 9.37 Å². The molecule has 0 bridgehead atoms. The van der Waals surface area contributed by atoms with E-state index in [1.165, 1.54) is 47.4 Å². The van der Waals surface area contributed by atoms with E-state index in [4.69, 9.17) is 0 Å². The first kappa shape index (κ1) is 24.3. The van der Waals surface area contributed by atoms with E-state index in [1.807, 2.05) is 31.2 Å². The molecule has 1 saturated carbocycles. The summed E-state index contributed by atoms with van der Waals surface area (Å²) in [5.74, 6) is -1.02. The quantitative estimate of drug-likeness (QED) is 0.423. The Morgan fingerprint density at radius 1 is 1.14 bits per heavy atom. The summed E-state index contributed by atoms with van der Waals surface area (Å²) < 4.78 is 14.2. The second-order valence-corrected chi connectivity index (χ2v) is 9.15. The van der Waals surface area contributed by atoms with Crippen LogP contribution in [0.2, 0.25) is 0 Å². The van der Waals surface area contributed by atoms with Crippen LogP contribution in [0.15, 0.2) is 60.0 Å². The Balaban J connectivity index is 1.36. The molecule has 180 valence electrons. The fourth-order valence-electron chi connectivity index (χ4n) is 3.45. The summed E-state index contributed by atoms with van der Waals surface area (Å²) in [5.41, 5.74) is 2.23. The number of amides is 3. The van der Waals surface area contributed by atoms with Crippen LogP contribution in [0.3, 0.4) is 0 Å². The third kappa shape index (κ3) is 6.19. The minimum absolute atomic E-state index is 0.0507. The summed E-state index contributed by atoms with van der Waals surface area (Å²) in [6.07, 6.45) is 4.80. The lowest BCUT2D eigenvalue weighted by Gasteiger charge is -2.18. The normalized spacial score (nSPS) is 13.9. The number of aromatic nitrogens is 1. The molecule has 9 heteroatoms. The summed E-state index contributed by atoms with van der Waals surface area (Å²) in [5, 5.41) is 7.77. The average Bonchev–Trinajstić information content (AvgIpc) is 3.59. The van der Waals surface area contributed by atoms with Crippen LogP contribution in [0, 0.1) is 11.7 Å². The molecule has 0 saturated heterocycles. The zero-order chi connectivity index (χ0) is 24.9. The van der Waals surface area contributed by atoms with Crippen molar-refractivity contribution < 1.29 is 18.8 Å². The smallest absolute Gasteiger partial charge is 0.244 e. The van der Waals surface area contributed by atoms with Crippen molar-refractivity contribution in [1.29, 1.82) is 0 Å². The zero-order valence-corrected chi connectivity index (χ0v) is 20.1. The van der Waals surface area contributed by atoms with Gasteiger partial charge in [0.25, 0.3) is 0 Å². The van der Waals surface area contributed by atoms with Crippen molar-refractivity contribution in [3.8, 4) is 0 Å². The number of benzene rings is 2. The summed E-state index contributed by atoms with van der Waals surface area (Å²) in [4.78, 5) is 42.0. The highest BCUT2D eigenvalue weighted by Crippen LogP contribution is 2.31. The fraction of sp³-hybridized carbons (Fsp3) is 0.231. The molecular weight excluding hydrogens is 467 g/mol. The number of rotatable bonds is 8. The fourth-order valence-corrected chi connectivity index (χ4v) is 4.29. The lowest BCUT2D eigenvalue weighted by Crippen LogP contribution is -2.24. The summed E-state index contributed by atoms with van der Waals surface area (Å²) in [6, 6.07) is 13.1. The number of carbonyl (C=O) groups is 3. The van der Waals surface area contributed by atoms with Gasteiger partial charge in [0.15, 0.2) is 5.13 Å². The number of halogens is 1. The molecule has 0 spiro atoms. The molecule has 1 heterocycles. The maximum absolute atomic E-state index is 14.2. The minimum atomic E-state index is -0.526. The van der Waals surface area contributed by atoms with Crippen molar-refractivity contribution in [2.75, 3.05) is 10.2 Å². The highest BCUT2D eigenvalue weighted by atomic mass is 32.1. The monoisotopic (exact) mass is 492 g/mol. The Labute approximate surface area is 206 Å². The standard InChI is InChI=1S/C26H25FN4O3S/c1-16(18-9-11-20(12-10-18)29-25(34)19-7-8-19)28-24(33)14-13-21-15-35-26(30-21)31(17(2)32)23-6-4-3-5-22(23)27/h3-6,9-16,19H,7-8H2,1-2H3,(H,28,33)(H,29,34)/b14-13+. The van der Waals surface area contributed by atoms with E-state index in [9.17, 15) is 18.8 Å². The van der Waals surface area contributed by atoms with Gasteiger partial charge in [-0.2, -0.15) is 0 Å². The lowest BCUT2D eigenvalue weighted by atomic mass is 10.1. The third-order valence-electron chi connectivity index (χ3n) is 5.50. The molecule has 3 aromatic rings. The molecule has 2 N–H and O–H groups in total. The van der Waals surface area contributed by atoms with Gasteiger partial charge in [0.1, 0.15) is 5.82 Å². The molecule has 4 rings (SSSR count). The molecule has 2 aromatic carbocycles. The van der Waals surface area contributed by atoms with Crippen molar-refractivity contribution >= 4 is 51.6 Å². The van der Waals surface area contributed by atoms with E-state index in [1.54, 1.807) is 17.5 Å². The van der Waals surface area contributed by atoms with Crippen LogP contribution in [0.1, 0.15) is 44.0 Å². The van der Waals surface area contributed by atoms with E-state index in [0.717, 1.165) is 24.1 Å². The molecule has 35 heavy (non-hydrogen) atoms. The Bertz CT molecular complexity index is 1270. The molecule has 1 aliphatic carbocycles. The van der Waals surface area contributed by atoms with Crippen LogP contribution in [0.5, 0.6) is 0 Å². The molecule has 3 amide bonds. The van der Waals surface area contributed by atoms with Crippen molar-refractivity contribution in [3.63, 3.8) is 0 Å². The van der Waals surface area contributed by atoms with Gasteiger partial charge in [-0.3, -0.25) is 19.3 Å². The molecule has 1 fully saturated rings. The number of hydrogen-bond acceptors (Lipinski definition) is 5. The average molecular weight is 493 g/mol. The largest absolute Gasteiger partial charge is 0.346 e. The Morgan fingerprint density at radius 2 is 1.86 bits per heavy atom. The number of thiazole rings is 1. The SMILES string of the molecule is CC(=O)N(c1nc(/C=C/C(=O)NC(C)c2ccc(NC(=O)C3CC3)cc2)cs1)c1ccccc1F. The second-order valence-electron chi connectivity index (χ2n) is 8.31. The highest BCUT2D eigenvalue weighted by molar-refractivity contribution is 7.14. The number of nitrogens with one attached hydrogen (secondary N) is 2. The molecule has 7 nitrogen and oxygen atoms in total. The van der Waals surface area contributed by atoms with Gasteiger partial charge >= 0.3 is 0 Å². The molecule has 1 unspecified atom stereocenters. The van der Waals surface area contributed by atoms with Gasteiger partial charge < -0.3 is 10.6 Å². The van der Waals surface area contributed by atoms with Gasteiger partial charge in [0.2, 0.25) is 17.7 Å². The van der Waals surface area contributed by atoms with Crippen molar-refractivity contribution in [2.24, 2.45) is 5.92 Å². The van der Waals surface area contributed by atoms with Crippen molar-refractivity contribution in [1.82, 2.24) is 10.3 Å². The Morgan fingerprint density at radius 3 is 2.51 bits per heavy atom. The third-order valence-corrected chi connectivity index (χ3v) is 6.34. The molecule has 1 atom stereocenters. The zero-order valence-electron chi connectivity index (χ0n) is 19.3. The maximum atomic E-state index is 14.2. The highest BCUT2D eigenvalue weighted by Gasteiger charge is 2.29. The number of carbonyl (C=O) groups excluding carboxylic acids is 3. The molecule has 0 aliphatic heterocycles. The predicted octanol–water partition coefficient (Wildman–Crippen LogP) is 5.21. The summed E-state index contributed by atoms with van der Waals surface area (Å²) in [6.45, 7) is 3.20. The van der Waals surface area contributed by atoms with Crippen LogP contribution in [-0.2, 0) is 14.4 Å². The van der Waals surface area contributed by atoms with Crippen LogP contribution < -0.4 is 15.5 Å². The second kappa shape index (κ2) is 10.6. The van der Waals surface area contributed by atoms with Gasteiger partial charge in [-0.15, -0.1) is 11.3 Å². The Kier molecular flexibility index (Phi) is 7.36. The number of nitrogens with zero attached hydrogens (tertiary/aromatic N) is 2.